The van der Waals surface area contributed by atoms with E-state index in [9.17, 15) is 24.3 Å². The highest BCUT2D eigenvalue weighted by Gasteiger charge is 2.61. The second-order valence-corrected chi connectivity index (χ2v) is 10.0. The number of nitrogens with zero attached hydrogens (tertiary/aromatic N) is 1. The van der Waals surface area contributed by atoms with Crippen molar-refractivity contribution in [2.45, 2.75) is 89.3 Å². The van der Waals surface area contributed by atoms with Gasteiger partial charge in [0.25, 0.3) is 0 Å². The van der Waals surface area contributed by atoms with Gasteiger partial charge in [0.15, 0.2) is 0 Å². The molecule has 8 nitrogen and oxygen atoms in total. The summed E-state index contributed by atoms with van der Waals surface area (Å²) in [5.74, 6) is -3.94. The summed E-state index contributed by atoms with van der Waals surface area (Å²) >= 11 is 0. The average Bonchev–Trinajstić information content (AvgIpc) is 3.22. The number of hydrogen-bond donors (Lipinski definition) is 2. The Morgan fingerprint density at radius 3 is 2.45 bits per heavy atom. The molecule has 0 radical (unpaired) electrons. The van der Waals surface area contributed by atoms with Crippen LogP contribution in [0.2, 0.25) is 0 Å². The number of amides is 2. The molecule has 1 aliphatic heterocycles. The number of likely N-dealkylation sites (tertiary alicyclic amines) is 1. The van der Waals surface area contributed by atoms with Gasteiger partial charge in [-0.2, -0.15) is 0 Å². The molecule has 4 atom stereocenters. The lowest BCUT2D eigenvalue weighted by Gasteiger charge is -2.30. The molecule has 184 valence electrons. The molecule has 1 saturated heterocycles. The molecule has 1 aliphatic carbocycles. The third kappa shape index (κ3) is 6.68. The summed E-state index contributed by atoms with van der Waals surface area (Å²) in [5, 5.41) is 12.2. The SMILES string of the molecule is C=CCCCCCC(C(=O)OC(C)(C)C)C(=O)N1CCCC1C(=O)NC1(C(=O)O)CC1C=C. The third-order valence-corrected chi connectivity index (χ3v) is 6.26. The smallest absolute Gasteiger partial charge is 0.330 e. The van der Waals surface area contributed by atoms with E-state index in [4.69, 9.17) is 4.74 Å². The molecule has 33 heavy (non-hydrogen) atoms. The summed E-state index contributed by atoms with van der Waals surface area (Å²) in [6, 6.07) is -0.800. The van der Waals surface area contributed by atoms with Gasteiger partial charge < -0.3 is 20.1 Å². The predicted molar refractivity (Wildman–Crippen MR) is 124 cm³/mol. The quantitative estimate of drug-likeness (QED) is 0.199. The molecule has 4 unspecified atom stereocenters. The van der Waals surface area contributed by atoms with E-state index in [0.29, 0.717) is 32.2 Å². The van der Waals surface area contributed by atoms with Gasteiger partial charge in [-0.25, -0.2) is 4.79 Å². The number of carbonyl (C=O) groups excluding carboxylic acids is 3. The molecule has 2 aliphatic rings. The maximum absolute atomic E-state index is 13.4. The minimum Gasteiger partial charge on any atom is -0.479 e. The van der Waals surface area contributed by atoms with Crippen molar-refractivity contribution in [3.63, 3.8) is 0 Å². The van der Waals surface area contributed by atoms with Crippen LogP contribution in [-0.2, 0) is 23.9 Å². The minimum absolute atomic E-state index is 0.281. The molecule has 0 aromatic heterocycles. The lowest BCUT2D eigenvalue weighted by Crippen LogP contribution is -2.54. The summed E-state index contributed by atoms with van der Waals surface area (Å²) in [4.78, 5) is 52.5. The molecular formula is C25H38N2O6. The molecule has 0 aromatic rings. The Kier molecular flexibility index (Phi) is 8.86. The highest BCUT2D eigenvalue weighted by molar-refractivity contribution is 6.01. The first-order valence-corrected chi connectivity index (χ1v) is 11.8. The second-order valence-electron chi connectivity index (χ2n) is 10.0. The number of carboxylic acids is 1. The zero-order chi connectivity index (χ0) is 24.8. The fraction of sp³-hybridized carbons (Fsp3) is 0.680. The second kappa shape index (κ2) is 11.0. The van der Waals surface area contributed by atoms with E-state index in [0.717, 1.165) is 19.3 Å². The molecule has 0 bridgehead atoms. The van der Waals surface area contributed by atoms with Gasteiger partial charge in [0.05, 0.1) is 0 Å². The molecule has 1 saturated carbocycles. The number of nitrogens with one attached hydrogen (secondary N) is 1. The van der Waals surface area contributed by atoms with Gasteiger partial charge in [0.1, 0.15) is 23.1 Å². The zero-order valence-corrected chi connectivity index (χ0v) is 20.1. The van der Waals surface area contributed by atoms with Crippen LogP contribution in [0.1, 0.15) is 72.1 Å². The van der Waals surface area contributed by atoms with Gasteiger partial charge in [-0.05, 0) is 59.3 Å². The van der Waals surface area contributed by atoms with E-state index in [-0.39, 0.29) is 12.3 Å². The van der Waals surface area contributed by atoms with Crippen LogP contribution in [0.4, 0.5) is 0 Å². The van der Waals surface area contributed by atoms with Crippen LogP contribution in [0.3, 0.4) is 0 Å². The van der Waals surface area contributed by atoms with E-state index in [1.54, 1.807) is 20.8 Å². The number of hydrogen-bond acceptors (Lipinski definition) is 5. The summed E-state index contributed by atoms with van der Waals surface area (Å²) < 4.78 is 5.51. The lowest BCUT2D eigenvalue weighted by molar-refractivity contribution is -0.166. The van der Waals surface area contributed by atoms with Crippen LogP contribution in [0.15, 0.2) is 25.3 Å². The van der Waals surface area contributed by atoms with Crippen LogP contribution < -0.4 is 5.32 Å². The van der Waals surface area contributed by atoms with Gasteiger partial charge in [-0.3, -0.25) is 14.4 Å². The van der Waals surface area contributed by atoms with Gasteiger partial charge in [-0.1, -0.05) is 25.0 Å². The average molecular weight is 463 g/mol. The molecular weight excluding hydrogens is 424 g/mol. The number of unbranched alkanes of at least 4 members (excludes halogenated alkanes) is 3. The molecule has 8 heteroatoms. The van der Waals surface area contributed by atoms with Crippen LogP contribution in [-0.4, -0.2) is 57.5 Å². The first kappa shape index (κ1) is 26.6. The number of ether oxygens (including phenoxy) is 1. The van der Waals surface area contributed by atoms with E-state index in [2.05, 4.69) is 18.5 Å². The van der Waals surface area contributed by atoms with E-state index < -0.39 is 46.9 Å². The summed E-state index contributed by atoms with van der Waals surface area (Å²) in [5.41, 5.74) is -2.09. The molecule has 2 rings (SSSR count). The first-order chi connectivity index (χ1) is 15.5. The minimum atomic E-state index is -1.36. The Hall–Kier alpha value is -2.64. The van der Waals surface area contributed by atoms with Crippen LogP contribution in [0.25, 0.3) is 0 Å². The van der Waals surface area contributed by atoms with E-state index >= 15 is 0 Å². The Balaban J connectivity index is 2.13. The maximum atomic E-state index is 13.4. The number of rotatable bonds is 12. The predicted octanol–water partition coefficient (Wildman–Crippen LogP) is 3.22. The number of carbonyl (C=O) groups is 4. The van der Waals surface area contributed by atoms with Crippen molar-refractivity contribution < 1.29 is 29.0 Å². The molecule has 2 N–H and O–H groups in total. The Morgan fingerprint density at radius 2 is 1.91 bits per heavy atom. The zero-order valence-electron chi connectivity index (χ0n) is 20.1. The van der Waals surface area contributed by atoms with Gasteiger partial charge >= 0.3 is 11.9 Å². The Bertz CT molecular complexity index is 786. The standard InChI is InChI=1S/C25H38N2O6/c1-6-8-9-10-11-13-18(22(30)33-24(3,4)5)21(29)27-15-12-14-19(27)20(28)26-25(23(31)32)16-17(25)7-2/h6-7,17-19H,1-2,8-16H2,3-5H3,(H,26,28)(H,31,32). The largest absolute Gasteiger partial charge is 0.479 e. The molecule has 0 spiro atoms. The summed E-state index contributed by atoms with van der Waals surface area (Å²) in [7, 11) is 0. The van der Waals surface area contributed by atoms with Gasteiger partial charge in [0.2, 0.25) is 11.8 Å². The molecule has 1 heterocycles. The van der Waals surface area contributed by atoms with Crippen LogP contribution in [0.5, 0.6) is 0 Å². The highest BCUT2D eigenvalue weighted by atomic mass is 16.6. The van der Waals surface area contributed by atoms with Crippen LogP contribution >= 0.6 is 0 Å². The van der Waals surface area contributed by atoms with E-state index in [1.165, 1.54) is 11.0 Å². The number of aliphatic carboxylic acids is 1. The van der Waals surface area contributed by atoms with Crippen molar-refractivity contribution >= 4 is 23.8 Å². The van der Waals surface area contributed by atoms with Crippen molar-refractivity contribution in [2.24, 2.45) is 11.8 Å². The topological polar surface area (TPSA) is 113 Å². The van der Waals surface area contributed by atoms with Gasteiger partial charge in [-0.15, -0.1) is 13.2 Å². The molecule has 0 aromatic carbocycles. The highest BCUT2D eigenvalue weighted by Crippen LogP contribution is 2.44. The summed E-state index contributed by atoms with van der Waals surface area (Å²) in [6.07, 6.45) is 8.34. The maximum Gasteiger partial charge on any atom is 0.330 e. The summed E-state index contributed by atoms with van der Waals surface area (Å²) in [6.45, 7) is 12.9. The number of esters is 1. The third-order valence-electron chi connectivity index (χ3n) is 6.26. The monoisotopic (exact) mass is 462 g/mol. The first-order valence-electron chi connectivity index (χ1n) is 11.8. The Labute approximate surface area is 196 Å². The van der Waals surface area contributed by atoms with E-state index in [1.807, 2.05) is 6.08 Å². The van der Waals surface area contributed by atoms with Gasteiger partial charge in [0, 0.05) is 12.5 Å². The number of carboxylic acid groups (broad SMARTS) is 1. The number of allylic oxidation sites excluding steroid dienone is 1. The van der Waals surface area contributed by atoms with Crippen molar-refractivity contribution in [1.82, 2.24) is 10.2 Å². The van der Waals surface area contributed by atoms with Crippen molar-refractivity contribution in [2.75, 3.05) is 6.54 Å². The lowest BCUT2D eigenvalue weighted by atomic mass is 9.98. The Morgan fingerprint density at radius 1 is 1.21 bits per heavy atom. The molecule has 2 fully saturated rings. The van der Waals surface area contributed by atoms with Crippen molar-refractivity contribution in [1.29, 1.82) is 0 Å². The molecule has 2 amide bonds. The van der Waals surface area contributed by atoms with Crippen molar-refractivity contribution in [3.8, 4) is 0 Å². The normalized spacial score (nSPS) is 25.1. The van der Waals surface area contributed by atoms with Crippen molar-refractivity contribution in [3.05, 3.63) is 25.3 Å². The fourth-order valence-electron chi connectivity index (χ4n) is 4.35. The fourth-order valence-corrected chi connectivity index (χ4v) is 4.35. The van der Waals surface area contributed by atoms with Crippen LogP contribution in [0, 0.1) is 11.8 Å².